The van der Waals surface area contributed by atoms with Crippen molar-refractivity contribution in [3.05, 3.63) is 187 Å². The van der Waals surface area contributed by atoms with E-state index in [0.29, 0.717) is 11.1 Å². The third-order valence-electron chi connectivity index (χ3n) is 11.1. The summed E-state index contributed by atoms with van der Waals surface area (Å²) in [7, 11) is 0. The van der Waals surface area contributed by atoms with Gasteiger partial charge in [0.05, 0.1) is 62.1 Å². The SMILES string of the molecule is N#Cc1ccc2c(c1)c1ccccc1n2-c1ccc2c3ccccc3n(-c3ccccc3-c3ccc(-n4c5ccccc5c5ccccc54)cc3C#N)c2c1. The molecular formula is C50H29N5. The Morgan fingerprint density at radius 3 is 1.44 bits per heavy atom. The lowest BCUT2D eigenvalue weighted by atomic mass is 9.97. The summed E-state index contributed by atoms with van der Waals surface area (Å²) in [4.78, 5) is 0. The van der Waals surface area contributed by atoms with Crippen molar-refractivity contribution in [2.45, 2.75) is 0 Å². The first kappa shape index (κ1) is 30.7. The predicted molar refractivity (Wildman–Crippen MR) is 224 cm³/mol. The summed E-state index contributed by atoms with van der Waals surface area (Å²) in [5.41, 5.74) is 12.6. The van der Waals surface area contributed by atoms with Gasteiger partial charge in [-0.05, 0) is 72.8 Å². The van der Waals surface area contributed by atoms with Crippen molar-refractivity contribution >= 4 is 65.4 Å². The van der Waals surface area contributed by atoms with Gasteiger partial charge in [-0.1, -0.05) is 103 Å². The molecule has 0 spiro atoms. The van der Waals surface area contributed by atoms with Crippen molar-refractivity contribution in [3.63, 3.8) is 0 Å². The van der Waals surface area contributed by atoms with Gasteiger partial charge in [-0.3, -0.25) is 0 Å². The lowest BCUT2D eigenvalue weighted by Gasteiger charge is -2.17. The minimum Gasteiger partial charge on any atom is -0.309 e. The summed E-state index contributed by atoms with van der Waals surface area (Å²) in [5.74, 6) is 0. The molecule has 0 aliphatic heterocycles. The van der Waals surface area contributed by atoms with Crippen LogP contribution in [0.15, 0.2) is 176 Å². The molecule has 3 heterocycles. The summed E-state index contributed by atoms with van der Waals surface area (Å²) in [6.07, 6.45) is 0. The molecule has 0 radical (unpaired) electrons. The maximum Gasteiger partial charge on any atom is 0.0998 e. The van der Waals surface area contributed by atoms with Crippen LogP contribution >= 0.6 is 0 Å². The Bertz CT molecular complexity index is 3420. The molecule has 0 aliphatic rings. The molecule has 0 aliphatic carbocycles. The van der Waals surface area contributed by atoms with E-state index in [4.69, 9.17) is 0 Å². The van der Waals surface area contributed by atoms with Gasteiger partial charge in [0.15, 0.2) is 0 Å². The highest BCUT2D eigenvalue weighted by atomic mass is 15.0. The van der Waals surface area contributed by atoms with E-state index < -0.39 is 0 Å². The van der Waals surface area contributed by atoms with Crippen LogP contribution in [0.3, 0.4) is 0 Å². The van der Waals surface area contributed by atoms with E-state index in [9.17, 15) is 10.5 Å². The summed E-state index contributed by atoms with van der Waals surface area (Å²) in [6.45, 7) is 0. The zero-order valence-corrected chi connectivity index (χ0v) is 29.5. The highest BCUT2D eigenvalue weighted by Gasteiger charge is 2.20. The van der Waals surface area contributed by atoms with Crippen LogP contribution in [-0.2, 0) is 0 Å². The van der Waals surface area contributed by atoms with Crippen LogP contribution in [0, 0.1) is 22.7 Å². The Labute approximate surface area is 316 Å². The first-order valence-corrected chi connectivity index (χ1v) is 18.3. The van der Waals surface area contributed by atoms with Gasteiger partial charge in [-0.2, -0.15) is 10.5 Å². The fraction of sp³-hybridized carbons (Fsp3) is 0. The number of rotatable bonds is 4. The summed E-state index contributed by atoms with van der Waals surface area (Å²) in [5, 5.41) is 27.3. The van der Waals surface area contributed by atoms with Gasteiger partial charge in [0.25, 0.3) is 0 Å². The van der Waals surface area contributed by atoms with Crippen LogP contribution in [0.4, 0.5) is 0 Å². The van der Waals surface area contributed by atoms with Crippen LogP contribution in [0.2, 0.25) is 0 Å². The Morgan fingerprint density at radius 1 is 0.327 bits per heavy atom. The second kappa shape index (κ2) is 11.8. The molecule has 0 amide bonds. The minimum atomic E-state index is 0.607. The zero-order valence-electron chi connectivity index (χ0n) is 29.5. The van der Waals surface area contributed by atoms with Crippen LogP contribution in [0.5, 0.6) is 0 Å². The molecule has 11 rings (SSSR count). The number of nitriles is 2. The van der Waals surface area contributed by atoms with Gasteiger partial charge in [0.2, 0.25) is 0 Å². The van der Waals surface area contributed by atoms with E-state index in [0.717, 1.165) is 82.8 Å². The average molecular weight is 700 g/mol. The molecule has 0 saturated heterocycles. The van der Waals surface area contributed by atoms with Crippen molar-refractivity contribution in [1.82, 2.24) is 13.7 Å². The average Bonchev–Trinajstić information content (AvgIpc) is 3.88. The predicted octanol–water partition coefficient (Wildman–Crippen LogP) is 12.4. The van der Waals surface area contributed by atoms with Crippen LogP contribution < -0.4 is 0 Å². The summed E-state index contributed by atoms with van der Waals surface area (Å²) in [6, 6.07) is 65.9. The number of para-hydroxylation sites is 5. The largest absolute Gasteiger partial charge is 0.309 e. The van der Waals surface area contributed by atoms with Crippen LogP contribution in [-0.4, -0.2) is 13.7 Å². The quantitative estimate of drug-likeness (QED) is 0.184. The second-order valence-corrected chi connectivity index (χ2v) is 14.0. The maximum absolute atomic E-state index is 10.8. The van der Waals surface area contributed by atoms with E-state index in [-0.39, 0.29) is 0 Å². The molecule has 0 N–H and O–H groups in total. The summed E-state index contributed by atoms with van der Waals surface area (Å²) >= 11 is 0. The molecule has 0 atom stereocenters. The molecule has 254 valence electrons. The Balaban J connectivity index is 1.14. The van der Waals surface area contributed by atoms with Crippen LogP contribution in [0.1, 0.15) is 11.1 Å². The Hall–Kier alpha value is -7.86. The topological polar surface area (TPSA) is 62.4 Å². The van der Waals surface area contributed by atoms with E-state index in [2.05, 4.69) is 171 Å². The third kappa shape index (κ3) is 4.45. The number of nitrogens with zero attached hydrogens (tertiary/aromatic N) is 5. The number of aromatic nitrogens is 3. The highest BCUT2D eigenvalue weighted by molar-refractivity contribution is 6.13. The van der Waals surface area contributed by atoms with Crippen molar-refractivity contribution in [2.75, 3.05) is 0 Å². The molecule has 5 heteroatoms. The first-order valence-electron chi connectivity index (χ1n) is 18.3. The smallest absolute Gasteiger partial charge is 0.0998 e. The van der Waals surface area contributed by atoms with Gasteiger partial charge in [-0.25, -0.2) is 0 Å². The summed E-state index contributed by atoms with van der Waals surface area (Å²) < 4.78 is 6.89. The standard InChI is InChI=1S/C50H29N5/c51-30-32-21-26-49-43(27-32)41-15-5-8-18-46(41)54(49)35-23-25-42-40-14-4-10-20-48(40)55(50(42)29-35)47-19-9-1-11-37(47)36-24-22-34(28-33(36)31-52)53-44-16-6-2-12-38(44)39-13-3-7-17-45(39)53/h1-29H. The molecule has 0 bridgehead atoms. The number of benzene rings is 8. The fourth-order valence-corrected chi connectivity index (χ4v) is 8.77. The van der Waals surface area contributed by atoms with Gasteiger partial charge in [-0.15, -0.1) is 0 Å². The monoisotopic (exact) mass is 699 g/mol. The molecule has 5 nitrogen and oxygen atoms in total. The molecular weight excluding hydrogens is 671 g/mol. The lowest BCUT2D eigenvalue weighted by Crippen LogP contribution is -2.00. The van der Waals surface area contributed by atoms with Gasteiger partial charge in [0.1, 0.15) is 0 Å². The fourth-order valence-electron chi connectivity index (χ4n) is 8.77. The molecule has 0 fully saturated rings. The van der Waals surface area contributed by atoms with E-state index in [1.54, 1.807) is 0 Å². The Kier molecular flexibility index (Phi) is 6.61. The normalized spacial score (nSPS) is 11.6. The van der Waals surface area contributed by atoms with Gasteiger partial charge in [0, 0.05) is 54.8 Å². The molecule has 0 unspecified atom stereocenters. The minimum absolute atomic E-state index is 0.607. The van der Waals surface area contributed by atoms with Crippen LogP contribution in [0.25, 0.3) is 93.6 Å². The van der Waals surface area contributed by atoms with Crippen molar-refractivity contribution < 1.29 is 0 Å². The highest BCUT2D eigenvalue weighted by Crippen LogP contribution is 2.40. The van der Waals surface area contributed by atoms with Crippen molar-refractivity contribution in [3.8, 4) is 40.3 Å². The first-order chi connectivity index (χ1) is 27.2. The third-order valence-corrected chi connectivity index (χ3v) is 11.1. The number of fused-ring (bicyclic) bond motifs is 9. The number of hydrogen-bond donors (Lipinski definition) is 0. The molecule has 11 aromatic rings. The van der Waals surface area contributed by atoms with E-state index >= 15 is 0 Å². The van der Waals surface area contributed by atoms with Crippen molar-refractivity contribution in [1.29, 1.82) is 10.5 Å². The van der Waals surface area contributed by atoms with E-state index in [1.165, 1.54) is 10.8 Å². The molecule has 3 aromatic heterocycles. The lowest BCUT2D eigenvalue weighted by molar-refractivity contribution is 1.15. The molecule has 8 aromatic carbocycles. The van der Waals surface area contributed by atoms with Crippen molar-refractivity contribution in [2.24, 2.45) is 0 Å². The van der Waals surface area contributed by atoms with E-state index in [1.807, 2.05) is 30.3 Å². The Morgan fingerprint density at radius 2 is 0.818 bits per heavy atom. The second-order valence-electron chi connectivity index (χ2n) is 14.0. The molecule has 0 saturated carbocycles. The van der Waals surface area contributed by atoms with Gasteiger partial charge < -0.3 is 13.7 Å². The van der Waals surface area contributed by atoms with Gasteiger partial charge >= 0.3 is 0 Å². The zero-order chi connectivity index (χ0) is 36.6. The number of hydrogen-bond acceptors (Lipinski definition) is 2. The molecule has 55 heavy (non-hydrogen) atoms. The maximum atomic E-state index is 10.8.